The van der Waals surface area contributed by atoms with Gasteiger partial charge in [-0.15, -0.1) is 11.3 Å². The smallest absolute Gasteiger partial charge is 0.251 e. The molecule has 0 aliphatic rings. The molecule has 1 heterocycles. The third-order valence-corrected chi connectivity index (χ3v) is 3.55. The molecule has 1 aromatic carbocycles. The van der Waals surface area contributed by atoms with Crippen molar-refractivity contribution in [2.24, 2.45) is 0 Å². The average Bonchev–Trinajstić information content (AvgIpc) is 2.75. The normalized spacial score (nSPS) is 10.3. The molecule has 2 rings (SSSR count). The van der Waals surface area contributed by atoms with E-state index in [0.29, 0.717) is 6.54 Å². The van der Waals surface area contributed by atoms with Gasteiger partial charge < -0.3 is 5.32 Å². The van der Waals surface area contributed by atoms with Gasteiger partial charge in [-0.05, 0) is 25.5 Å². The summed E-state index contributed by atoms with van der Waals surface area (Å²) in [4.78, 5) is 16.3. The molecule has 0 atom stereocenters. The summed E-state index contributed by atoms with van der Waals surface area (Å²) in [6.45, 7) is 4.55. The Labute approximate surface area is 111 Å². The van der Waals surface area contributed by atoms with Gasteiger partial charge in [0.1, 0.15) is 0 Å². The summed E-state index contributed by atoms with van der Waals surface area (Å²) in [5.74, 6) is -0.0138. The monoisotopic (exact) mass is 260 g/mol. The van der Waals surface area contributed by atoms with Crippen molar-refractivity contribution in [3.05, 3.63) is 51.5 Å². The minimum Gasteiger partial charge on any atom is -0.352 e. The van der Waals surface area contributed by atoms with Crippen LogP contribution in [0.5, 0.6) is 0 Å². The number of hydrogen-bond donors (Lipinski definition) is 1. The molecule has 0 aliphatic carbocycles. The highest BCUT2D eigenvalue weighted by molar-refractivity contribution is 7.09. The second-order valence-corrected chi connectivity index (χ2v) is 5.24. The van der Waals surface area contributed by atoms with Gasteiger partial charge in [-0.2, -0.15) is 0 Å². The predicted octanol–water partition coefficient (Wildman–Crippen LogP) is 2.73. The summed E-state index contributed by atoms with van der Waals surface area (Å²) < 4.78 is 0. The Bertz CT molecular complexity index is 548. The molecule has 0 spiro atoms. The maximum Gasteiger partial charge on any atom is 0.251 e. The quantitative estimate of drug-likeness (QED) is 0.918. The molecular formula is C14H16N2OS. The maximum absolute atomic E-state index is 11.9. The number of amides is 1. The van der Waals surface area contributed by atoms with E-state index >= 15 is 0 Å². The number of hydrogen-bond acceptors (Lipinski definition) is 3. The fourth-order valence-corrected chi connectivity index (χ4v) is 2.40. The molecule has 0 bridgehead atoms. The SMILES string of the molecule is Cc1nc(CCNC(=O)c2ccccc2C)cs1. The first kappa shape index (κ1) is 12.8. The van der Waals surface area contributed by atoms with E-state index in [2.05, 4.69) is 10.3 Å². The first-order valence-corrected chi connectivity index (χ1v) is 6.79. The summed E-state index contributed by atoms with van der Waals surface area (Å²) in [6, 6.07) is 7.60. The molecule has 3 nitrogen and oxygen atoms in total. The molecule has 0 saturated carbocycles. The fourth-order valence-electron chi connectivity index (χ4n) is 1.75. The van der Waals surface area contributed by atoms with Crippen molar-refractivity contribution in [2.75, 3.05) is 6.54 Å². The van der Waals surface area contributed by atoms with Crippen molar-refractivity contribution >= 4 is 17.2 Å². The van der Waals surface area contributed by atoms with Crippen LogP contribution in [0, 0.1) is 13.8 Å². The number of benzene rings is 1. The molecule has 1 N–H and O–H groups in total. The topological polar surface area (TPSA) is 42.0 Å². The number of rotatable bonds is 4. The average molecular weight is 260 g/mol. The summed E-state index contributed by atoms with van der Waals surface area (Å²) in [5, 5.41) is 6.03. The number of carbonyl (C=O) groups is 1. The van der Waals surface area contributed by atoms with E-state index < -0.39 is 0 Å². The van der Waals surface area contributed by atoms with Crippen molar-refractivity contribution in [3.8, 4) is 0 Å². The van der Waals surface area contributed by atoms with Crippen LogP contribution >= 0.6 is 11.3 Å². The lowest BCUT2D eigenvalue weighted by Gasteiger charge is -2.06. The number of aryl methyl sites for hydroxylation is 2. The highest BCUT2D eigenvalue weighted by Crippen LogP contribution is 2.09. The van der Waals surface area contributed by atoms with Gasteiger partial charge in [-0.25, -0.2) is 4.98 Å². The number of nitrogens with zero attached hydrogens (tertiary/aromatic N) is 1. The lowest BCUT2D eigenvalue weighted by atomic mass is 10.1. The molecule has 1 amide bonds. The van der Waals surface area contributed by atoms with Gasteiger partial charge >= 0.3 is 0 Å². The van der Waals surface area contributed by atoms with E-state index in [0.717, 1.165) is 28.2 Å². The highest BCUT2D eigenvalue weighted by atomic mass is 32.1. The van der Waals surface area contributed by atoms with Crippen molar-refractivity contribution in [3.63, 3.8) is 0 Å². The molecule has 0 saturated heterocycles. The van der Waals surface area contributed by atoms with Gasteiger partial charge in [0, 0.05) is 23.9 Å². The highest BCUT2D eigenvalue weighted by Gasteiger charge is 2.07. The zero-order chi connectivity index (χ0) is 13.0. The van der Waals surface area contributed by atoms with E-state index in [1.54, 1.807) is 11.3 Å². The van der Waals surface area contributed by atoms with E-state index in [9.17, 15) is 4.79 Å². The third kappa shape index (κ3) is 3.17. The van der Waals surface area contributed by atoms with E-state index in [-0.39, 0.29) is 5.91 Å². The van der Waals surface area contributed by atoms with Gasteiger partial charge in [-0.3, -0.25) is 4.79 Å². The number of thiazole rings is 1. The molecule has 0 fully saturated rings. The summed E-state index contributed by atoms with van der Waals surface area (Å²) >= 11 is 1.64. The number of nitrogens with one attached hydrogen (secondary N) is 1. The minimum absolute atomic E-state index is 0.0138. The summed E-state index contributed by atoms with van der Waals surface area (Å²) in [6.07, 6.45) is 0.780. The van der Waals surface area contributed by atoms with Crippen LogP contribution in [0.3, 0.4) is 0 Å². The molecule has 94 valence electrons. The maximum atomic E-state index is 11.9. The van der Waals surface area contributed by atoms with Crippen LogP contribution in [0.1, 0.15) is 26.6 Å². The largest absolute Gasteiger partial charge is 0.352 e. The van der Waals surface area contributed by atoms with E-state index in [4.69, 9.17) is 0 Å². The number of aromatic nitrogens is 1. The molecule has 18 heavy (non-hydrogen) atoms. The van der Waals surface area contributed by atoms with Gasteiger partial charge in [-0.1, -0.05) is 18.2 Å². The predicted molar refractivity (Wildman–Crippen MR) is 74.1 cm³/mol. The second-order valence-electron chi connectivity index (χ2n) is 4.18. The Balaban J connectivity index is 1.87. The van der Waals surface area contributed by atoms with Gasteiger partial charge in [0.2, 0.25) is 0 Å². The van der Waals surface area contributed by atoms with Crippen LogP contribution in [0.4, 0.5) is 0 Å². The molecule has 4 heteroatoms. The van der Waals surface area contributed by atoms with Crippen LogP contribution in [0.15, 0.2) is 29.6 Å². The standard InChI is InChI=1S/C14H16N2OS/c1-10-5-3-4-6-13(10)14(17)15-8-7-12-9-18-11(2)16-12/h3-6,9H,7-8H2,1-2H3,(H,15,17). The van der Waals surface area contributed by atoms with Crippen molar-refractivity contribution in [1.82, 2.24) is 10.3 Å². The minimum atomic E-state index is -0.0138. The molecular weight excluding hydrogens is 244 g/mol. The van der Waals surface area contributed by atoms with E-state index in [1.807, 2.05) is 43.5 Å². The zero-order valence-corrected chi connectivity index (χ0v) is 11.4. The van der Waals surface area contributed by atoms with Crippen LogP contribution in [0.25, 0.3) is 0 Å². The molecule has 0 unspecified atom stereocenters. The van der Waals surface area contributed by atoms with Crippen molar-refractivity contribution in [2.45, 2.75) is 20.3 Å². The first-order chi connectivity index (χ1) is 8.66. The third-order valence-electron chi connectivity index (χ3n) is 2.72. The lowest BCUT2D eigenvalue weighted by Crippen LogP contribution is -2.26. The molecule has 2 aromatic rings. The van der Waals surface area contributed by atoms with Crippen molar-refractivity contribution in [1.29, 1.82) is 0 Å². The van der Waals surface area contributed by atoms with Crippen molar-refractivity contribution < 1.29 is 4.79 Å². The summed E-state index contributed by atoms with van der Waals surface area (Å²) in [7, 11) is 0. The van der Waals surface area contributed by atoms with Crippen LogP contribution in [0.2, 0.25) is 0 Å². The van der Waals surface area contributed by atoms with Crippen LogP contribution in [-0.2, 0) is 6.42 Å². The Kier molecular flexibility index (Phi) is 4.10. The first-order valence-electron chi connectivity index (χ1n) is 5.91. The molecule has 0 aliphatic heterocycles. The molecule has 1 aromatic heterocycles. The van der Waals surface area contributed by atoms with Gasteiger partial charge in [0.15, 0.2) is 0 Å². The Morgan fingerprint density at radius 3 is 2.78 bits per heavy atom. The van der Waals surface area contributed by atoms with Crippen LogP contribution in [-0.4, -0.2) is 17.4 Å². The zero-order valence-electron chi connectivity index (χ0n) is 10.6. The number of carbonyl (C=O) groups excluding carboxylic acids is 1. The Morgan fingerprint density at radius 2 is 2.11 bits per heavy atom. The lowest BCUT2D eigenvalue weighted by molar-refractivity contribution is 0.0953. The van der Waals surface area contributed by atoms with Gasteiger partial charge in [0.25, 0.3) is 5.91 Å². The Morgan fingerprint density at radius 1 is 1.33 bits per heavy atom. The fraction of sp³-hybridized carbons (Fsp3) is 0.286. The van der Waals surface area contributed by atoms with Crippen LogP contribution < -0.4 is 5.32 Å². The second kappa shape index (κ2) is 5.78. The van der Waals surface area contributed by atoms with Gasteiger partial charge in [0.05, 0.1) is 10.7 Å². The molecule has 0 radical (unpaired) electrons. The Hall–Kier alpha value is -1.68. The summed E-state index contributed by atoms with van der Waals surface area (Å²) in [5.41, 5.74) is 2.79. The van der Waals surface area contributed by atoms with E-state index in [1.165, 1.54) is 0 Å².